The summed E-state index contributed by atoms with van der Waals surface area (Å²) in [5.41, 5.74) is 11.1. The summed E-state index contributed by atoms with van der Waals surface area (Å²) in [6.45, 7) is 4.02. The van der Waals surface area contributed by atoms with Crippen molar-refractivity contribution in [2.75, 3.05) is 0 Å². The summed E-state index contributed by atoms with van der Waals surface area (Å²) in [6, 6.07) is 17.8. The van der Waals surface area contributed by atoms with Crippen LogP contribution in [0.25, 0.3) is 5.69 Å². The number of aryl methyl sites for hydroxylation is 2. The lowest BCUT2D eigenvalue weighted by molar-refractivity contribution is 0.367. The van der Waals surface area contributed by atoms with E-state index in [9.17, 15) is 5.26 Å². The molecule has 3 aromatic rings. The minimum Gasteiger partial charge on any atom is -0.422 e. The molecule has 140 valence electrons. The van der Waals surface area contributed by atoms with Crippen LogP contribution in [0.4, 0.5) is 0 Å². The van der Waals surface area contributed by atoms with Crippen molar-refractivity contribution in [2.24, 2.45) is 5.73 Å². The van der Waals surface area contributed by atoms with E-state index >= 15 is 0 Å². The molecule has 0 amide bonds. The molecule has 2 N–H and O–H groups in total. The van der Waals surface area contributed by atoms with Crippen molar-refractivity contribution in [3.8, 4) is 17.6 Å². The Morgan fingerprint density at radius 2 is 2.00 bits per heavy atom. The number of hydrogen-bond donors (Lipinski definition) is 1. The Morgan fingerprint density at radius 3 is 2.64 bits per heavy atom. The molecule has 1 aliphatic heterocycles. The Bertz CT molecular complexity index is 1120. The monoisotopic (exact) mass is 390 g/mol. The van der Waals surface area contributed by atoms with Crippen LogP contribution in [-0.4, -0.2) is 9.78 Å². The van der Waals surface area contributed by atoms with Gasteiger partial charge in [0.2, 0.25) is 11.8 Å². The lowest BCUT2D eigenvalue weighted by Gasteiger charge is -2.25. The first-order chi connectivity index (χ1) is 13.5. The summed E-state index contributed by atoms with van der Waals surface area (Å²) in [5, 5.41) is 15.0. The van der Waals surface area contributed by atoms with E-state index in [1.54, 1.807) is 10.7 Å². The second-order valence-electron chi connectivity index (χ2n) is 6.72. The molecular formula is C22H19ClN4O. The fourth-order valence-electron chi connectivity index (χ4n) is 3.58. The zero-order valence-corrected chi connectivity index (χ0v) is 16.4. The fourth-order valence-corrected chi connectivity index (χ4v) is 3.76. The number of ether oxygens (including phenoxy) is 1. The van der Waals surface area contributed by atoms with Gasteiger partial charge in [0.1, 0.15) is 11.6 Å². The summed E-state index contributed by atoms with van der Waals surface area (Å²) in [5.74, 6) is 0.288. The van der Waals surface area contributed by atoms with Gasteiger partial charge in [-0.3, -0.25) is 0 Å². The molecule has 0 aliphatic carbocycles. The van der Waals surface area contributed by atoms with Crippen molar-refractivity contribution < 1.29 is 4.74 Å². The maximum Gasteiger partial charge on any atom is 0.229 e. The highest BCUT2D eigenvalue weighted by Gasteiger charge is 2.36. The molecule has 4 rings (SSSR count). The minimum atomic E-state index is -0.326. The smallest absolute Gasteiger partial charge is 0.229 e. The molecule has 6 heteroatoms. The maximum absolute atomic E-state index is 9.76. The number of rotatable bonds is 3. The average Bonchev–Trinajstić information content (AvgIpc) is 3.03. The van der Waals surface area contributed by atoms with Gasteiger partial charge >= 0.3 is 0 Å². The molecule has 28 heavy (non-hydrogen) atoms. The van der Waals surface area contributed by atoms with Crippen molar-refractivity contribution in [3.05, 3.63) is 87.4 Å². The number of fused-ring (bicyclic) bond motifs is 1. The van der Waals surface area contributed by atoms with Crippen LogP contribution in [0.5, 0.6) is 5.88 Å². The summed E-state index contributed by atoms with van der Waals surface area (Å²) < 4.78 is 7.56. The van der Waals surface area contributed by atoms with Gasteiger partial charge in [-0.05, 0) is 42.7 Å². The number of benzene rings is 2. The van der Waals surface area contributed by atoms with Gasteiger partial charge < -0.3 is 10.5 Å². The molecule has 0 bridgehead atoms. The van der Waals surface area contributed by atoms with Gasteiger partial charge in [0, 0.05) is 5.02 Å². The molecule has 0 radical (unpaired) electrons. The van der Waals surface area contributed by atoms with E-state index in [1.807, 2.05) is 37.3 Å². The third kappa shape index (κ3) is 2.92. The molecule has 0 saturated carbocycles. The van der Waals surface area contributed by atoms with Crippen molar-refractivity contribution in [1.82, 2.24) is 9.78 Å². The molecule has 0 unspecified atom stereocenters. The molecule has 2 heterocycles. The second kappa shape index (κ2) is 7.06. The van der Waals surface area contributed by atoms with E-state index in [1.165, 1.54) is 5.56 Å². The third-order valence-corrected chi connectivity index (χ3v) is 5.24. The van der Waals surface area contributed by atoms with Crippen LogP contribution in [0.2, 0.25) is 5.02 Å². The number of hydrogen-bond acceptors (Lipinski definition) is 4. The van der Waals surface area contributed by atoms with Crippen LogP contribution in [0.3, 0.4) is 0 Å². The lowest BCUT2D eigenvalue weighted by atomic mass is 9.84. The van der Waals surface area contributed by atoms with Gasteiger partial charge in [0.25, 0.3) is 0 Å². The maximum atomic E-state index is 9.76. The van der Waals surface area contributed by atoms with Gasteiger partial charge in [-0.2, -0.15) is 10.4 Å². The summed E-state index contributed by atoms with van der Waals surface area (Å²) in [6.07, 6.45) is 0.952. The predicted octanol–water partition coefficient (Wildman–Crippen LogP) is 4.61. The van der Waals surface area contributed by atoms with E-state index in [4.69, 9.17) is 22.1 Å². The largest absolute Gasteiger partial charge is 0.422 e. The van der Waals surface area contributed by atoms with E-state index in [0.717, 1.165) is 28.9 Å². The summed E-state index contributed by atoms with van der Waals surface area (Å²) >= 11 is 6.15. The molecule has 5 nitrogen and oxygen atoms in total. The van der Waals surface area contributed by atoms with Crippen molar-refractivity contribution in [1.29, 1.82) is 5.26 Å². The standard InChI is InChI=1S/C22H19ClN4O/c1-3-14-7-9-15(10-8-14)20-18(12-24)21(25)28-22-19(20)13(2)26-27(22)17-6-4-5-16(23)11-17/h4-11,20H,3,25H2,1-2H3/t20-/m1/s1. The van der Waals surface area contributed by atoms with E-state index in [-0.39, 0.29) is 11.8 Å². The zero-order chi connectivity index (χ0) is 19.8. The molecule has 2 aromatic carbocycles. The molecule has 1 aromatic heterocycles. The SMILES string of the molecule is CCc1ccc([C@@H]2C(C#N)=C(N)Oc3c2c(C)nn3-c2cccc(Cl)c2)cc1. The van der Waals surface area contributed by atoms with Crippen LogP contribution in [0.1, 0.15) is 35.2 Å². The summed E-state index contributed by atoms with van der Waals surface area (Å²) in [4.78, 5) is 0. The van der Waals surface area contributed by atoms with Gasteiger partial charge in [0.05, 0.1) is 22.9 Å². The number of aromatic nitrogens is 2. The Morgan fingerprint density at radius 1 is 1.25 bits per heavy atom. The number of nitrogens with two attached hydrogens (primary N) is 1. The van der Waals surface area contributed by atoms with Crippen LogP contribution >= 0.6 is 11.6 Å². The van der Waals surface area contributed by atoms with Crippen LogP contribution < -0.4 is 10.5 Å². The minimum absolute atomic E-state index is 0.0998. The third-order valence-electron chi connectivity index (χ3n) is 5.01. The molecular weight excluding hydrogens is 372 g/mol. The van der Waals surface area contributed by atoms with Gasteiger partial charge in [-0.1, -0.05) is 48.9 Å². The van der Waals surface area contributed by atoms with E-state index in [2.05, 4.69) is 30.2 Å². The Kier molecular flexibility index (Phi) is 4.58. The first-order valence-corrected chi connectivity index (χ1v) is 9.43. The molecule has 0 spiro atoms. The Labute approximate surface area is 168 Å². The highest BCUT2D eigenvalue weighted by Crippen LogP contribution is 2.44. The first kappa shape index (κ1) is 18.1. The van der Waals surface area contributed by atoms with Crippen molar-refractivity contribution in [2.45, 2.75) is 26.2 Å². The van der Waals surface area contributed by atoms with Crippen molar-refractivity contribution in [3.63, 3.8) is 0 Å². The first-order valence-electron chi connectivity index (χ1n) is 9.05. The molecule has 0 fully saturated rings. The normalized spacial score (nSPS) is 15.7. The predicted molar refractivity (Wildman–Crippen MR) is 108 cm³/mol. The Hall–Kier alpha value is -3.23. The number of nitrogens with zero attached hydrogens (tertiary/aromatic N) is 3. The van der Waals surface area contributed by atoms with Crippen molar-refractivity contribution >= 4 is 11.6 Å². The molecule has 1 aliphatic rings. The zero-order valence-electron chi connectivity index (χ0n) is 15.6. The number of halogens is 1. The highest BCUT2D eigenvalue weighted by atomic mass is 35.5. The Balaban J connectivity index is 1.92. The quantitative estimate of drug-likeness (QED) is 0.708. The lowest BCUT2D eigenvalue weighted by Crippen LogP contribution is -2.22. The van der Waals surface area contributed by atoms with Gasteiger partial charge in [-0.15, -0.1) is 0 Å². The van der Waals surface area contributed by atoms with Gasteiger partial charge in [-0.25, -0.2) is 4.68 Å². The van der Waals surface area contributed by atoms with Crippen LogP contribution in [0, 0.1) is 18.3 Å². The van der Waals surface area contributed by atoms with E-state index < -0.39 is 0 Å². The van der Waals surface area contributed by atoms with Crippen LogP contribution in [-0.2, 0) is 6.42 Å². The highest BCUT2D eigenvalue weighted by molar-refractivity contribution is 6.30. The number of allylic oxidation sites excluding steroid dienone is 1. The topological polar surface area (TPSA) is 76.9 Å². The molecule has 1 atom stereocenters. The number of nitriles is 1. The second-order valence-corrected chi connectivity index (χ2v) is 7.15. The van der Waals surface area contributed by atoms with Crippen LogP contribution in [0.15, 0.2) is 60.0 Å². The van der Waals surface area contributed by atoms with Gasteiger partial charge in [0.15, 0.2) is 0 Å². The van der Waals surface area contributed by atoms with E-state index in [0.29, 0.717) is 16.5 Å². The summed E-state index contributed by atoms with van der Waals surface area (Å²) in [7, 11) is 0. The average molecular weight is 391 g/mol. The molecule has 0 saturated heterocycles. The fraction of sp³-hybridized carbons (Fsp3) is 0.182.